The first-order valence-electron chi connectivity index (χ1n) is 5.48. The summed E-state index contributed by atoms with van der Waals surface area (Å²) in [5.41, 5.74) is 4.68. The van der Waals surface area contributed by atoms with Gasteiger partial charge in [-0.05, 0) is 30.0 Å². The molecule has 2 atom stereocenters. The second-order valence-electron chi connectivity index (χ2n) is 4.35. The van der Waals surface area contributed by atoms with Crippen molar-refractivity contribution in [1.29, 1.82) is 0 Å². The molecule has 16 heavy (non-hydrogen) atoms. The van der Waals surface area contributed by atoms with E-state index in [9.17, 15) is 5.11 Å². The zero-order valence-corrected chi connectivity index (χ0v) is 10.8. The highest BCUT2D eigenvalue weighted by Gasteiger charge is 2.13. The molecule has 0 aliphatic rings. The lowest BCUT2D eigenvalue weighted by atomic mass is 9.94. The van der Waals surface area contributed by atoms with Crippen molar-refractivity contribution >= 4 is 28.1 Å². The van der Waals surface area contributed by atoms with Gasteiger partial charge in [0.05, 0.1) is 12.9 Å². The summed E-state index contributed by atoms with van der Waals surface area (Å²) in [5.74, 6) is 0. The highest BCUT2D eigenvalue weighted by molar-refractivity contribution is 7.20. The Morgan fingerprint density at radius 2 is 2.19 bits per heavy atom. The molecule has 0 spiro atoms. The van der Waals surface area contributed by atoms with Gasteiger partial charge in [-0.15, -0.1) is 9.24 Å². The summed E-state index contributed by atoms with van der Waals surface area (Å²) < 4.78 is 5.60. The van der Waals surface area contributed by atoms with E-state index in [1.165, 1.54) is 5.56 Å². The van der Waals surface area contributed by atoms with Crippen LogP contribution in [0.5, 0.6) is 0 Å². The summed E-state index contributed by atoms with van der Waals surface area (Å²) in [7, 11) is 4.94. The van der Waals surface area contributed by atoms with Gasteiger partial charge >= 0.3 is 0 Å². The van der Waals surface area contributed by atoms with E-state index in [0.717, 1.165) is 28.5 Å². The summed E-state index contributed by atoms with van der Waals surface area (Å²) in [5, 5.41) is 10.5. The Morgan fingerprint density at radius 3 is 2.81 bits per heavy atom. The van der Waals surface area contributed by atoms with Crippen LogP contribution < -0.4 is 0 Å². The Bertz CT molecular complexity index is 505. The number of furan rings is 1. The molecule has 2 rings (SSSR count). The Morgan fingerprint density at radius 1 is 1.44 bits per heavy atom. The molecular formula is C12H16BO2P. The molecule has 0 saturated heterocycles. The summed E-state index contributed by atoms with van der Waals surface area (Å²) in [6.45, 7) is 2.09. The van der Waals surface area contributed by atoms with Gasteiger partial charge in [0.1, 0.15) is 13.4 Å². The molecule has 0 amide bonds. The maximum absolute atomic E-state index is 9.36. The molecule has 0 radical (unpaired) electrons. The molecule has 1 aromatic carbocycles. The van der Waals surface area contributed by atoms with Crippen molar-refractivity contribution in [3.63, 3.8) is 0 Å². The zero-order valence-electron chi connectivity index (χ0n) is 9.66. The second kappa shape index (κ2) is 4.61. The lowest BCUT2D eigenvalue weighted by molar-refractivity contribution is 0.283. The average Bonchev–Trinajstić information content (AvgIpc) is 2.63. The highest BCUT2D eigenvalue weighted by Crippen LogP contribution is 2.29. The molecular weight excluding hydrogens is 218 g/mol. The minimum Gasteiger partial charge on any atom is -0.464 e. The van der Waals surface area contributed by atoms with Gasteiger partial charge in [-0.1, -0.05) is 17.7 Å². The third kappa shape index (κ3) is 2.02. The van der Waals surface area contributed by atoms with E-state index < -0.39 is 0 Å². The molecule has 2 unspecified atom stereocenters. The molecule has 0 aliphatic heterocycles. The Labute approximate surface area is 98.6 Å². The predicted molar refractivity (Wildman–Crippen MR) is 72.6 cm³/mol. The third-order valence-corrected chi connectivity index (χ3v) is 3.03. The molecule has 4 heteroatoms. The van der Waals surface area contributed by atoms with Crippen LogP contribution >= 0.6 is 9.24 Å². The number of aliphatic hydroxyl groups excluding tert-OH is 1. The fourth-order valence-corrected chi connectivity index (χ4v) is 2.30. The molecule has 2 nitrogen and oxygen atoms in total. The van der Waals surface area contributed by atoms with Gasteiger partial charge in [-0.3, -0.25) is 0 Å². The smallest absolute Gasteiger partial charge is 0.137 e. The van der Waals surface area contributed by atoms with E-state index in [0.29, 0.717) is 5.56 Å². The van der Waals surface area contributed by atoms with E-state index in [-0.39, 0.29) is 6.61 Å². The zero-order chi connectivity index (χ0) is 11.7. The highest BCUT2D eigenvalue weighted by atomic mass is 31.0. The lowest BCUT2D eigenvalue weighted by Crippen LogP contribution is -2.01. The Hall–Kier alpha value is -0.785. The molecule has 1 N–H and O–H groups in total. The van der Waals surface area contributed by atoms with Gasteiger partial charge in [0.15, 0.2) is 0 Å². The number of fused-ring (bicyclic) bond motifs is 1. The molecule has 0 fully saturated rings. The largest absolute Gasteiger partial charge is 0.464 e. The van der Waals surface area contributed by atoms with Gasteiger partial charge in [0, 0.05) is 5.39 Å². The molecule has 2 aromatic rings. The molecule has 0 aliphatic carbocycles. The van der Waals surface area contributed by atoms with Crippen molar-refractivity contribution in [1.82, 2.24) is 0 Å². The van der Waals surface area contributed by atoms with Crippen LogP contribution in [0.15, 0.2) is 22.8 Å². The second-order valence-corrected chi connectivity index (χ2v) is 5.48. The van der Waals surface area contributed by atoms with Crippen molar-refractivity contribution < 1.29 is 9.52 Å². The first-order valence-corrected chi connectivity index (χ1v) is 6.15. The first kappa shape index (κ1) is 11.7. The standard InChI is InChI=1S/C12H16BO2P/c1-7-2-3-8(5-14)11-9(4-10(13)16)6-15-12(7)11/h2-3,6,10,14H,4-5,13,16H2,1H3. The minimum absolute atomic E-state index is 0.0640. The van der Waals surface area contributed by atoms with Crippen molar-refractivity contribution in [3.05, 3.63) is 35.1 Å². The van der Waals surface area contributed by atoms with Crippen LogP contribution in [0.1, 0.15) is 16.7 Å². The lowest BCUT2D eigenvalue weighted by Gasteiger charge is -2.05. The van der Waals surface area contributed by atoms with Crippen LogP contribution in [0, 0.1) is 6.92 Å². The number of aliphatic hydroxyl groups is 1. The number of rotatable bonds is 3. The van der Waals surface area contributed by atoms with Crippen molar-refractivity contribution in [2.45, 2.75) is 25.5 Å². The van der Waals surface area contributed by atoms with Crippen LogP contribution in [-0.4, -0.2) is 18.5 Å². The number of hydrogen-bond donors (Lipinski definition) is 1. The quantitative estimate of drug-likeness (QED) is 0.646. The third-order valence-electron chi connectivity index (χ3n) is 2.79. The summed E-state index contributed by atoms with van der Waals surface area (Å²) in [6.07, 6.45) is 2.77. The van der Waals surface area contributed by atoms with Crippen LogP contribution in [0.3, 0.4) is 0 Å². The van der Waals surface area contributed by atoms with Crippen molar-refractivity contribution in [2.75, 3.05) is 0 Å². The van der Waals surface area contributed by atoms with Crippen molar-refractivity contribution in [2.24, 2.45) is 0 Å². The van der Waals surface area contributed by atoms with Crippen LogP contribution in [0.2, 0.25) is 0 Å². The number of benzene rings is 1. The maximum atomic E-state index is 9.36. The van der Waals surface area contributed by atoms with Crippen LogP contribution in [0.4, 0.5) is 0 Å². The van der Waals surface area contributed by atoms with E-state index in [2.05, 4.69) is 17.1 Å². The van der Waals surface area contributed by atoms with E-state index >= 15 is 0 Å². The van der Waals surface area contributed by atoms with Gasteiger partial charge in [0.2, 0.25) is 0 Å². The van der Waals surface area contributed by atoms with Gasteiger partial charge < -0.3 is 9.52 Å². The average molecular weight is 234 g/mol. The normalized spacial score (nSPS) is 13.2. The summed E-state index contributed by atoms with van der Waals surface area (Å²) >= 11 is 0. The Balaban J connectivity index is 2.63. The van der Waals surface area contributed by atoms with E-state index in [1.807, 2.05) is 25.3 Å². The van der Waals surface area contributed by atoms with E-state index in [1.54, 1.807) is 0 Å². The Kier molecular flexibility index (Phi) is 3.37. The number of hydrogen-bond acceptors (Lipinski definition) is 2. The van der Waals surface area contributed by atoms with Gasteiger partial charge in [0.25, 0.3) is 0 Å². The minimum atomic E-state index is 0.0640. The van der Waals surface area contributed by atoms with Crippen LogP contribution in [-0.2, 0) is 13.0 Å². The molecule has 0 saturated carbocycles. The maximum Gasteiger partial charge on any atom is 0.137 e. The fourth-order valence-electron chi connectivity index (χ4n) is 2.05. The monoisotopic (exact) mass is 234 g/mol. The summed E-state index contributed by atoms with van der Waals surface area (Å²) in [6, 6.07) is 3.97. The predicted octanol–water partition coefficient (Wildman–Crippen LogP) is 1.61. The summed E-state index contributed by atoms with van der Waals surface area (Å²) in [4.78, 5) is 0. The van der Waals surface area contributed by atoms with Gasteiger partial charge in [-0.2, -0.15) is 0 Å². The topological polar surface area (TPSA) is 33.4 Å². The molecule has 1 aromatic heterocycles. The SMILES string of the molecule is BC(P)Cc1coc2c(C)ccc(CO)c12. The van der Waals surface area contributed by atoms with Crippen molar-refractivity contribution in [3.8, 4) is 0 Å². The molecule has 1 heterocycles. The van der Waals surface area contributed by atoms with Gasteiger partial charge in [-0.25, -0.2) is 0 Å². The number of aryl methyl sites for hydroxylation is 1. The molecule has 0 bridgehead atoms. The molecule has 84 valence electrons. The van der Waals surface area contributed by atoms with E-state index in [4.69, 9.17) is 4.42 Å². The van der Waals surface area contributed by atoms with Crippen LogP contribution in [0.25, 0.3) is 11.0 Å². The first-order chi connectivity index (χ1) is 7.63. The fraction of sp³-hybridized carbons (Fsp3) is 0.333.